The minimum Gasteiger partial charge on any atom is -0.343 e. The van der Waals surface area contributed by atoms with E-state index in [-0.39, 0.29) is 24.2 Å². The lowest BCUT2D eigenvalue weighted by atomic mass is 10.0. The lowest BCUT2D eigenvalue weighted by molar-refractivity contribution is -0.129. The number of hydrogen-bond donors (Lipinski definition) is 1. The van der Waals surface area contributed by atoms with Gasteiger partial charge in [-0.1, -0.05) is 12.1 Å². The van der Waals surface area contributed by atoms with Crippen LogP contribution in [0, 0.1) is 5.92 Å². The Bertz CT molecular complexity index is 553. The van der Waals surface area contributed by atoms with Crippen molar-refractivity contribution in [2.45, 2.75) is 52.5 Å². The summed E-state index contributed by atoms with van der Waals surface area (Å²) < 4.78 is 5.18. The lowest BCUT2D eigenvalue weighted by Gasteiger charge is -2.24. The zero-order valence-electron chi connectivity index (χ0n) is 13.7. The summed E-state index contributed by atoms with van der Waals surface area (Å²) in [5, 5.41) is 6.89. The van der Waals surface area contributed by atoms with E-state index in [1.807, 2.05) is 27.7 Å². The smallest absolute Gasteiger partial charge is 0.226 e. The highest BCUT2D eigenvalue weighted by Crippen LogP contribution is 2.22. The highest BCUT2D eigenvalue weighted by Gasteiger charge is 2.37. The largest absolute Gasteiger partial charge is 0.343 e. The second kappa shape index (κ2) is 6.46. The van der Waals surface area contributed by atoms with E-state index in [0.29, 0.717) is 24.8 Å². The molecule has 1 N–H and O–H groups in total. The Kier molecular flexibility index (Phi) is 4.83. The second-order valence-electron chi connectivity index (χ2n) is 6.21. The third kappa shape index (κ3) is 3.45. The number of aryl methyl sites for hydroxylation is 1. The molecule has 0 radical (unpaired) electrons. The molecule has 2 heterocycles. The number of carbonyl (C=O) groups is 2. The van der Waals surface area contributed by atoms with E-state index >= 15 is 0 Å². The molecule has 1 aliphatic rings. The summed E-state index contributed by atoms with van der Waals surface area (Å²) in [7, 11) is 0. The van der Waals surface area contributed by atoms with Crippen LogP contribution in [0.25, 0.3) is 0 Å². The van der Waals surface area contributed by atoms with Gasteiger partial charge in [0.15, 0.2) is 5.82 Å². The van der Waals surface area contributed by atoms with Crippen molar-refractivity contribution < 1.29 is 14.1 Å². The Morgan fingerprint density at radius 2 is 2.18 bits per heavy atom. The number of aromatic nitrogens is 2. The van der Waals surface area contributed by atoms with Crippen LogP contribution in [0.2, 0.25) is 0 Å². The number of likely N-dealkylation sites (tertiary alicyclic amines) is 1. The maximum absolute atomic E-state index is 12.4. The maximum atomic E-state index is 12.4. The van der Waals surface area contributed by atoms with Gasteiger partial charge >= 0.3 is 0 Å². The van der Waals surface area contributed by atoms with Crippen LogP contribution in [-0.2, 0) is 21.5 Å². The fraction of sp³-hybridized carbons (Fsp3) is 0.733. The summed E-state index contributed by atoms with van der Waals surface area (Å²) in [6.45, 7) is 8.73. The normalized spacial score (nSPS) is 18.8. The maximum Gasteiger partial charge on any atom is 0.226 e. The molecule has 0 spiro atoms. The molecule has 2 amide bonds. The standard InChI is InChI=1S/C15H24N4O3/c1-5-7-11-16-14(18-22-11)15(3,4)17-13(21)10-8-12(20)19(6-2)9-10/h10H,5-9H2,1-4H3,(H,17,21). The molecule has 1 fully saturated rings. The Balaban J connectivity index is 2.01. The molecule has 22 heavy (non-hydrogen) atoms. The van der Waals surface area contributed by atoms with Gasteiger partial charge in [0.05, 0.1) is 11.5 Å². The van der Waals surface area contributed by atoms with Crippen LogP contribution in [0.15, 0.2) is 4.52 Å². The quantitative estimate of drug-likeness (QED) is 0.854. The van der Waals surface area contributed by atoms with E-state index in [1.165, 1.54) is 0 Å². The van der Waals surface area contributed by atoms with Gasteiger partial charge < -0.3 is 14.7 Å². The first-order valence-corrected chi connectivity index (χ1v) is 7.80. The molecule has 0 aromatic carbocycles. The lowest BCUT2D eigenvalue weighted by Crippen LogP contribution is -2.45. The van der Waals surface area contributed by atoms with Crippen molar-refractivity contribution in [1.82, 2.24) is 20.4 Å². The predicted molar refractivity (Wildman–Crippen MR) is 79.8 cm³/mol. The van der Waals surface area contributed by atoms with Crippen molar-refractivity contribution in [3.8, 4) is 0 Å². The molecule has 0 aliphatic carbocycles. The molecular formula is C15H24N4O3. The summed E-state index contributed by atoms with van der Waals surface area (Å²) >= 11 is 0. The first-order chi connectivity index (χ1) is 10.4. The molecule has 1 saturated heterocycles. The zero-order valence-corrected chi connectivity index (χ0v) is 13.7. The van der Waals surface area contributed by atoms with Crippen LogP contribution in [0.4, 0.5) is 0 Å². The van der Waals surface area contributed by atoms with Crippen LogP contribution in [0.5, 0.6) is 0 Å². The van der Waals surface area contributed by atoms with Gasteiger partial charge in [-0.25, -0.2) is 0 Å². The Hall–Kier alpha value is -1.92. The topological polar surface area (TPSA) is 88.3 Å². The van der Waals surface area contributed by atoms with Gasteiger partial charge in [-0.2, -0.15) is 4.98 Å². The summed E-state index contributed by atoms with van der Waals surface area (Å²) in [6.07, 6.45) is 1.91. The molecule has 122 valence electrons. The summed E-state index contributed by atoms with van der Waals surface area (Å²) in [6, 6.07) is 0. The Labute approximate surface area is 130 Å². The summed E-state index contributed by atoms with van der Waals surface area (Å²) in [5.74, 6) is 0.615. The molecule has 1 aliphatic heterocycles. The van der Waals surface area contributed by atoms with Crippen molar-refractivity contribution >= 4 is 11.8 Å². The molecule has 7 heteroatoms. The molecule has 0 saturated carbocycles. The van der Waals surface area contributed by atoms with Gasteiger partial charge in [0.25, 0.3) is 0 Å². The summed E-state index contributed by atoms with van der Waals surface area (Å²) in [4.78, 5) is 30.2. The molecule has 1 aromatic heterocycles. The average Bonchev–Trinajstić information content (AvgIpc) is 3.05. The highest BCUT2D eigenvalue weighted by atomic mass is 16.5. The minimum absolute atomic E-state index is 0.0326. The molecule has 1 atom stereocenters. The van der Waals surface area contributed by atoms with Gasteiger partial charge in [0.1, 0.15) is 0 Å². The van der Waals surface area contributed by atoms with E-state index in [9.17, 15) is 9.59 Å². The Morgan fingerprint density at radius 3 is 2.77 bits per heavy atom. The monoisotopic (exact) mass is 308 g/mol. The van der Waals surface area contributed by atoms with E-state index in [1.54, 1.807) is 4.90 Å². The van der Waals surface area contributed by atoms with Crippen LogP contribution in [0.1, 0.15) is 52.3 Å². The fourth-order valence-electron chi connectivity index (χ4n) is 2.54. The van der Waals surface area contributed by atoms with Gasteiger partial charge in [-0.05, 0) is 27.2 Å². The van der Waals surface area contributed by atoms with E-state index in [4.69, 9.17) is 4.52 Å². The molecule has 1 unspecified atom stereocenters. The van der Waals surface area contributed by atoms with Crippen molar-refractivity contribution in [1.29, 1.82) is 0 Å². The van der Waals surface area contributed by atoms with E-state index < -0.39 is 5.54 Å². The molecule has 2 rings (SSSR count). The second-order valence-corrected chi connectivity index (χ2v) is 6.21. The zero-order chi connectivity index (χ0) is 16.3. The molecule has 7 nitrogen and oxygen atoms in total. The van der Waals surface area contributed by atoms with Gasteiger partial charge in [0.2, 0.25) is 17.7 Å². The first kappa shape index (κ1) is 16.5. The summed E-state index contributed by atoms with van der Waals surface area (Å²) in [5.41, 5.74) is -0.727. The number of nitrogens with zero attached hydrogens (tertiary/aromatic N) is 3. The van der Waals surface area contributed by atoms with Gasteiger partial charge in [-0.3, -0.25) is 9.59 Å². The van der Waals surface area contributed by atoms with Gasteiger partial charge in [0, 0.05) is 25.9 Å². The minimum atomic E-state index is -0.727. The van der Waals surface area contributed by atoms with Gasteiger partial charge in [-0.15, -0.1) is 0 Å². The number of carbonyl (C=O) groups excluding carboxylic acids is 2. The van der Waals surface area contributed by atoms with E-state index in [0.717, 1.165) is 12.8 Å². The molecule has 1 aromatic rings. The van der Waals surface area contributed by atoms with Crippen molar-refractivity contribution in [2.75, 3.05) is 13.1 Å². The van der Waals surface area contributed by atoms with Crippen LogP contribution >= 0.6 is 0 Å². The number of rotatable bonds is 6. The molecular weight excluding hydrogens is 284 g/mol. The van der Waals surface area contributed by atoms with E-state index in [2.05, 4.69) is 15.5 Å². The van der Waals surface area contributed by atoms with Crippen LogP contribution < -0.4 is 5.32 Å². The van der Waals surface area contributed by atoms with Crippen molar-refractivity contribution in [2.24, 2.45) is 5.92 Å². The molecule has 0 bridgehead atoms. The average molecular weight is 308 g/mol. The Morgan fingerprint density at radius 1 is 1.45 bits per heavy atom. The van der Waals surface area contributed by atoms with Crippen LogP contribution in [-0.4, -0.2) is 39.9 Å². The first-order valence-electron chi connectivity index (χ1n) is 7.80. The fourth-order valence-corrected chi connectivity index (χ4v) is 2.54. The number of nitrogens with one attached hydrogen (secondary N) is 1. The SMILES string of the molecule is CCCc1nc(C(C)(C)NC(=O)C2CC(=O)N(CC)C2)no1. The predicted octanol–water partition coefficient (Wildman–Crippen LogP) is 1.24. The third-order valence-electron chi connectivity index (χ3n) is 3.89. The number of amides is 2. The third-order valence-corrected chi connectivity index (χ3v) is 3.89. The number of hydrogen-bond acceptors (Lipinski definition) is 5. The highest BCUT2D eigenvalue weighted by molar-refractivity contribution is 5.89. The van der Waals surface area contributed by atoms with Crippen LogP contribution in [0.3, 0.4) is 0 Å². The van der Waals surface area contributed by atoms with Crippen molar-refractivity contribution in [3.63, 3.8) is 0 Å². The van der Waals surface area contributed by atoms with Crippen molar-refractivity contribution in [3.05, 3.63) is 11.7 Å².